The molecule has 0 aliphatic carbocycles. The van der Waals surface area contributed by atoms with Crippen LogP contribution in [0.2, 0.25) is 0 Å². The van der Waals surface area contributed by atoms with E-state index in [2.05, 4.69) is 9.93 Å². The summed E-state index contributed by atoms with van der Waals surface area (Å²) >= 11 is 0. The van der Waals surface area contributed by atoms with Gasteiger partial charge >= 0.3 is 0 Å². The number of nitrogens with one attached hydrogen (secondary N) is 1. The number of sulfonamides is 1. The molecule has 0 heterocycles. The molecule has 0 aliphatic rings. The average molecular weight is 407 g/mol. The quantitative estimate of drug-likeness (QED) is 0.481. The summed E-state index contributed by atoms with van der Waals surface area (Å²) in [7, 11) is -2.22. The molecule has 2 aromatic carbocycles. The summed E-state index contributed by atoms with van der Waals surface area (Å²) in [5, 5.41) is 3.84. The summed E-state index contributed by atoms with van der Waals surface area (Å²) in [5.74, 6) is 1.79. The van der Waals surface area contributed by atoms with Crippen molar-refractivity contribution in [3.05, 3.63) is 48.0 Å². The minimum atomic E-state index is -3.77. The van der Waals surface area contributed by atoms with Crippen molar-refractivity contribution in [3.63, 3.8) is 0 Å². The molecule has 0 bridgehead atoms. The van der Waals surface area contributed by atoms with Crippen LogP contribution in [-0.4, -0.2) is 34.5 Å². The van der Waals surface area contributed by atoms with E-state index in [1.165, 1.54) is 18.3 Å². The van der Waals surface area contributed by atoms with E-state index in [1.807, 2.05) is 20.8 Å². The molecule has 0 amide bonds. The monoisotopic (exact) mass is 406 g/mol. The standard InChI is InChI=1S/C20H26N2O5S/c1-5-12-26-19-11-6-16(13-20(19)25-4)14-21-22-28(23,24)18-9-7-17(8-10-18)27-15(2)3/h6-11,13-15,22H,5,12H2,1-4H3/b21-14+. The van der Waals surface area contributed by atoms with E-state index in [0.717, 1.165) is 6.42 Å². The van der Waals surface area contributed by atoms with Crippen molar-refractivity contribution in [1.29, 1.82) is 0 Å². The first-order valence-corrected chi connectivity index (χ1v) is 10.5. The zero-order chi connectivity index (χ0) is 20.6. The highest BCUT2D eigenvalue weighted by molar-refractivity contribution is 7.89. The Balaban J connectivity index is 2.06. The molecule has 0 saturated heterocycles. The lowest BCUT2D eigenvalue weighted by Gasteiger charge is -2.10. The number of rotatable bonds is 10. The van der Waals surface area contributed by atoms with E-state index < -0.39 is 10.0 Å². The lowest BCUT2D eigenvalue weighted by molar-refractivity contribution is 0.242. The fraction of sp³-hybridized carbons (Fsp3) is 0.350. The van der Waals surface area contributed by atoms with Gasteiger partial charge in [-0.3, -0.25) is 0 Å². The van der Waals surface area contributed by atoms with Crippen LogP contribution in [0.5, 0.6) is 17.2 Å². The minimum absolute atomic E-state index is 0.0148. The lowest BCUT2D eigenvalue weighted by atomic mass is 10.2. The van der Waals surface area contributed by atoms with Crippen LogP contribution < -0.4 is 19.0 Å². The van der Waals surface area contributed by atoms with Gasteiger partial charge < -0.3 is 14.2 Å². The summed E-state index contributed by atoms with van der Waals surface area (Å²) in [6.45, 7) is 6.41. The van der Waals surface area contributed by atoms with Gasteiger partial charge in [-0.25, -0.2) is 4.83 Å². The predicted octanol–water partition coefficient (Wildman–Crippen LogP) is 3.58. The Morgan fingerprint density at radius 1 is 1.11 bits per heavy atom. The van der Waals surface area contributed by atoms with E-state index in [1.54, 1.807) is 37.4 Å². The first-order valence-electron chi connectivity index (χ1n) is 8.98. The third kappa shape index (κ3) is 6.16. The number of benzene rings is 2. The fourth-order valence-electron chi connectivity index (χ4n) is 2.29. The predicted molar refractivity (Wildman–Crippen MR) is 109 cm³/mol. The normalized spacial score (nSPS) is 11.6. The van der Waals surface area contributed by atoms with E-state index in [0.29, 0.717) is 29.4 Å². The summed E-state index contributed by atoms with van der Waals surface area (Å²) in [6.07, 6.45) is 2.31. The Hall–Kier alpha value is -2.74. The van der Waals surface area contributed by atoms with E-state index in [4.69, 9.17) is 14.2 Å². The van der Waals surface area contributed by atoms with Crippen LogP contribution in [0.15, 0.2) is 52.5 Å². The zero-order valence-electron chi connectivity index (χ0n) is 16.5. The molecule has 152 valence electrons. The first kappa shape index (κ1) is 21.6. The number of nitrogens with zero attached hydrogens (tertiary/aromatic N) is 1. The highest BCUT2D eigenvalue weighted by Crippen LogP contribution is 2.27. The third-order valence-corrected chi connectivity index (χ3v) is 4.78. The van der Waals surface area contributed by atoms with Crippen LogP contribution >= 0.6 is 0 Å². The molecule has 28 heavy (non-hydrogen) atoms. The molecule has 0 atom stereocenters. The summed E-state index contributed by atoms with van der Waals surface area (Å²) in [4.78, 5) is 2.30. The maximum absolute atomic E-state index is 12.3. The average Bonchev–Trinajstić information content (AvgIpc) is 2.66. The molecule has 1 N–H and O–H groups in total. The maximum atomic E-state index is 12.3. The Morgan fingerprint density at radius 2 is 1.82 bits per heavy atom. The zero-order valence-corrected chi connectivity index (χ0v) is 17.3. The van der Waals surface area contributed by atoms with Gasteiger partial charge in [-0.15, -0.1) is 0 Å². The van der Waals surface area contributed by atoms with Crippen LogP contribution in [0.1, 0.15) is 32.8 Å². The first-order chi connectivity index (χ1) is 13.4. The highest BCUT2D eigenvalue weighted by atomic mass is 32.2. The topological polar surface area (TPSA) is 86.2 Å². The molecule has 0 radical (unpaired) electrons. The smallest absolute Gasteiger partial charge is 0.276 e. The van der Waals surface area contributed by atoms with Crippen LogP contribution in [0, 0.1) is 0 Å². The molecule has 8 heteroatoms. The Morgan fingerprint density at radius 3 is 2.43 bits per heavy atom. The van der Waals surface area contributed by atoms with E-state index in [-0.39, 0.29) is 11.0 Å². The van der Waals surface area contributed by atoms with Gasteiger partial charge in [0.1, 0.15) is 5.75 Å². The third-order valence-electron chi connectivity index (χ3n) is 3.54. The molecule has 7 nitrogen and oxygen atoms in total. The molecule has 2 aromatic rings. The SMILES string of the molecule is CCCOc1ccc(/C=N/NS(=O)(=O)c2ccc(OC(C)C)cc2)cc1OC. The Bertz CT molecular complexity index is 893. The Kier molecular flexibility index (Phi) is 7.69. The highest BCUT2D eigenvalue weighted by Gasteiger charge is 2.13. The van der Waals surface area contributed by atoms with E-state index in [9.17, 15) is 8.42 Å². The molecule has 0 fully saturated rings. The Labute approximate surface area is 166 Å². The van der Waals surface area contributed by atoms with Crippen molar-refractivity contribution in [1.82, 2.24) is 4.83 Å². The van der Waals surface area contributed by atoms with Crippen LogP contribution in [-0.2, 0) is 10.0 Å². The number of methoxy groups -OCH3 is 1. The second kappa shape index (κ2) is 9.98. The number of ether oxygens (including phenoxy) is 3. The molecule has 2 rings (SSSR count). The molecular weight excluding hydrogens is 380 g/mol. The van der Waals surface area contributed by atoms with Crippen molar-refractivity contribution in [3.8, 4) is 17.2 Å². The van der Waals surface area contributed by atoms with Crippen molar-refractivity contribution in [2.45, 2.75) is 38.2 Å². The van der Waals surface area contributed by atoms with Gasteiger partial charge in [0.15, 0.2) is 11.5 Å². The van der Waals surface area contributed by atoms with Crippen molar-refractivity contribution in [2.75, 3.05) is 13.7 Å². The fourth-order valence-corrected chi connectivity index (χ4v) is 3.08. The van der Waals surface area contributed by atoms with Gasteiger partial charge in [0, 0.05) is 0 Å². The van der Waals surface area contributed by atoms with Gasteiger partial charge in [0.05, 0.1) is 30.9 Å². The van der Waals surface area contributed by atoms with Crippen molar-refractivity contribution >= 4 is 16.2 Å². The number of hydrazone groups is 1. The molecule has 0 spiro atoms. The molecule has 0 aromatic heterocycles. The minimum Gasteiger partial charge on any atom is -0.493 e. The van der Waals surface area contributed by atoms with Gasteiger partial charge in [-0.1, -0.05) is 6.92 Å². The van der Waals surface area contributed by atoms with Crippen LogP contribution in [0.25, 0.3) is 0 Å². The van der Waals surface area contributed by atoms with Gasteiger partial charge in [0.2, 0.25) is 0 Å². The summed E-state index contributed by atoms with van der Waals surface area (Å²) in [5.41, 5.74) is 0.670. The van der Waals surface area contributed by atoms with Gasteiger partial charge in [0.25, 0.3) is 10.0 Å². The molecule has 0 unspecified atom stereocenters. The van der Waals surface area contributed by atoms with Crippen molar-refractivity contribution in [2.24, 2.45) is 5.10 Å². The molecule has 0 aliphatic heterocycles. The van der Waals surface area contributed by atoms with Gasteiger partial charge in [-0.2, -0.15) is 13.5 Å². The lowest BCUT2D eigenvalue weighted by Crippen LogP contribution is -2.18. The van der Waals surface area contributed by atoms with Crippen molar-refractivity contribution < 1.29 is 22.6 Å². The summed E-state index contributed by atoms with van der Waals surface area (Å²) in [6, 6.07) is 11.4. The van der Waals surface area contributed by atoms with E-state index >= 15 is 0 Å². The molecule has 0 saturated carbocycles. The second-order valence-corrected chi connectivity index (χ2v) is 7.91. The second-order valence-electron chi connectivity index (χ2n) is 6.25. The molecular formula is C20H26N2O5S. The number of hydrogen-bond donors (Lipinski definition) is 1. The van der Waals surface area contributed by atoms with Crippen LogP contribution in [0.3, 0.4) is 0 Å². The number of hydrogen-bond acceptors (Lipinski definition) is 6. The summed E-state index contributed by atoms with van der Waals surface area (Å²) < 4.78 is 41.1. The van der Waals surface area contributed by atoms with Crippen LogP contribution in [0.4, 0.5) is 0 Å². The maximum Gasteiger partial charge on any atom is 0.276 e. The van der Waals surface area contributed by atoms with Gasteiger partial charge in [-0.05, 0) is 68.3 Å². The largest absolute Gasteiger partial charge is 0.493 e.